The molecule has 0 aliphatic rings. The molecule has 2 aromatic carbocycles. The van der Waals surface area contributed by atoms with Gasteiger partial charge in [-0.2, -0.15) is 0 Å². The lowest BCUT2D eigenvalue weighted by Crippen LogP contribution is -2.23. The summed E-state index contributed by atoms with van der Waals surface area (Å²) in [6, 6.07) is 12.2. The molecule has 0 unspecified atom stereocenters. The molecule has 1 N–H and O–H groups in total. The number of carbonyl (C=O) groups excluding carboxylic acids is 1. The maximum atomic E-state index is 12.0. The minimum atomic E-state index is -3.44. The maximum absolute atomic E-state index is 12.0. The van der Waals surface area contributed by atoms with Gasteiger partial charge in [-0.25, -0.2) is 13.1 Å². The Balaban J connectivity index is 2.41. The Hall–Kier alpha value is -1.98. The van der Waals surface area contributed by atoms with Crippen molar-refractivity contribution in [3.05, 3.63) is 53.6 Å². The van der Waals surface area contributed by atoms with Crippen LogP contribution in [0, 0.1) is 6.92 Å². The Kier molecular flexibility index (Phi) is 4.55. The molecule has 2 rings (SSSR count). The summed E-state index contributed by atoms with van der Waals surface area (Å²) in [5.74, 6) is 0. The van der Waals surface area contributed by atoms with E-state index in [1.54, 1.807) is 37.3 Å². The number of aldehydes is 1. The molecule has 0 spiro atoms. The molecule has 0 fully saturated rings. The van der Waals surface area contributed by atoms with Gasteiger partial charge >= 0.3 is 0 Å². The van der Waals surface area contributed by atoms with Crippen molar-refractivity contribution in [2.24, 2.45) is 0 Å². The first kappa shape index (κ1) is 15.4. The van der Waals surface area contributed by atoms with E-state index < -0.39 is 10.0 Å². The minimum absolute atomic E-state index is 0.259. The second-order valence-corrected chi connectivity index (χ2v) is 6.48. The van der Waals surface area contributed by atoms with E-state index in [2.05, 4.69) is 4.72 Å². The Morgan fingerprint density at radius 1 is 1.10 bits per heavy atom. The minimum Gasteiger partial charge on any atom is -0.298 e. The Labute approximate surface area is 124 Å². The Morgan fingerprint density at radius 3 is 2.29 bits per heavy atom. The highest BCUT2D eigenvalue weighted by atomic mass is 32.2. The third-order valence-electron chi connectivity index (χ3n) is 3.20. The van der Waals surface area contributed by atoms with Crippen LogP contribution in [0.1, 0.15) is 22.8 Å². The van der Waals surface area contributed by atoms with E-state index in [9.17, 15) is 13.2 Å². The third-order valence-corrected chi connectivity index (χ3v) is 4.74. The van der Waals surface area contributed by atoms with Crippen LogP contribution in [0.4, 0.5) is 0 Å². The predicted molar refractivity (Wildman–Crippen MR) is 82.9 cm³/mol. The van der Waals surface area contributed by atoms with Crippen LogP contribution in [0.2, 0.25) is 0 Å². The molecule has 0 saturated carbocycles. The molecule has 21 heavy (non-hydrogen) atoms. The largest absolute Gasteiger partial charge is 0.298 e. The smallest absolute Gasteiger partial charge is 0.240 e. The fourth-order valence-corrected chi connectivity index (χ4v) is 3.27. The summed E-state index contributed by atoms with van der Waals surface area (Å²) in [6.45, 7) is 3.97. The molecule has 0 heterocycles. The fourth-order valence-electron chi connectivity index (χ4n) is 2.14. The number of hydrogen-bond acceptors (Lipinski definition) is 3. The predicted octanol–water partition coefficient (Wildman–Crippen LogP) is 2.77. The average Bonchev–Trinajstić information content (AvgIpc) is 2.47. The molecule has 110 valence electrons. The second kappa shape index (κ2) is 6.20. The Morgan fingerprint density at radius 2 is 1.76 bits per heavy atom. The first-order valence-electron chi connectivity index (χ1n) is 6.64. The van der Waals surface area contributed by atoms with Gasteiger partial charge in [-0.15, -0.1) is 0 Å². The van der Waals surface area contributed by atoms with Gasteiger partial charge in [0.15, 0.2) is 0 Å². The van der Waals surface area contributed by atoms with Crippen LogP contribution in [-0.4, -0.2) is 21.2 Å². The molecule has 0 saturated heterocycles. The number of carbonyl (C=O) groups is 1. The molecule has 0 bridgehead atoms. The summed E-state index contributed by atoms with van der Waals surface area (Å²) in [6.07, 6.45) is 0.794. The summed E-state index contributed by atoms with van der Waals surface area (Å²) in [7, 11) is -3.44. The van der Waals surface area contributed by atoms with E-state index in [1.165, 1.54) is 0 Å². The maximum Gasteiger partial charge on any atom is 0.240 e. The average molecular weight is 303 g/mol. The van der Waals surface area contributed by atoms with Gasteiger partial charge in [0.25, 0.3) is 0 Å². The molecular weight excluding hydrogens is 286 g/mol. The van der Waals surface area contributed by atoms with Gasteiger partial charge in [0.2, 0.25) is 10.0 Å². The lowest BCUT2D eigenvalue weighted by molar-refractivity contribution is 0.112. The number of hydrogen-bond donors (Lipinski definition) is 1. The standard InChI is InChI=1S/C16H17NO3S/c1-3-17-21(19,20)15-8-9-16(12(2)10-15)14-6-4-13(11-18)5-7-14/h4-11,17H,3H2,1-2H3. The van der Waals surface area contributed by atoms with Crippen molar-refractivity contribution in [2.75, 3.05) is 6.54 Å². The van der Waals surface area contributed by atoms with Crippen molar-refractivity contribution in [3.8, 4) is 11.1 Å². The van der Waals surface area contributed by atoms with E-state index in [4.69, 9.17) is 0 Å². The van der Waals surface area contributed by atoms with Crippen molar-refractivity contribution in [1.29, 1.82) is 0 Å². The molecule has 0 aliphatic heterocycles. The highest BCUT2D eigenvalue weighted by molar-refractivity contribution is 7.89. The normalized spacial score (nSPS) is 11.3. The van der Waals surface area contributed by atoms with Crippen LogP contribution >= 0.6 is 0 Å². The van der Waals surface area contributed by atoms with Crippen LogP contribution in [0.5, 0.6) is 0 Å². The second-order valence-electron chi connectivity index (χ2n) is 4.72. The number of rotatable bonds is 5. The van der Waals surface area contributed by atoms with Crippen LogP contribution in [0.15, 0.2) is 47.4 Å². The summed E-state index contributed by atoms with van der Waals surface area (Å²) in [5, 5.41) is 0. The van der Waals surface area contributed by atoms with Crippen LogP contribution in [0.25, 0.3) is 11.1 Å². The lowest BCUT2D eigenvalue weighted by atomic mass is 10.00. The highest BCUT2D eigenvalue weighted by Crippen LogP contribution is 2.25. The molecule has 0 radical (unpaired) electrons. The summed E-state index contributed by atoms with van der Waals surface area (Å²) >= 11 is 0. The molecule has 0 amide bonds. The van der Waals surface area contributed by atoms with Crippen molar-refractivity contribution in [3.63, 3.8) is 0 Å². The number of benzene rings is 2. The molecular formula is C16H17NO3S. The van der Waals surface area contributed by atoms with Crippen molar-refractivity contribution in [2.45, 2.75) is 18.7 Å². The van der Waals surface area contributed by atoms with Crippen LogP contribution in [-0.2, 0) is 10.0 Å². The summed E-state index contributed by atoms with van der Waals surface area (Å²) < 4.78 is 26.4. The van der Waals surface area contributed by atoms with Gasteiger partial charge in [-0.1, -0.05) is 37.3 Å². The summed E-state index contributed by atoms with van der Waals surface area (Å²) in [5.41, 5.74) is 3.38. The van der Waals surface area contributed by atoms with Gasteiger partial charge in [-0.3, -0.25) is 4.79 Å². The Bertz CT molecular complexity index is 750. The first-order chi connectivity index (χ1) is 9.97. The van der Waals surface area contributed by atoms with Crippen LogP contribution < -0.4 is 4.72 Å². The number of aryl methyl sites for hydroxylation is 1. The topological polar surface area (TPSA) is 63.2 Å². The van der Waals surface area contributed by atoms with Gasteiger partial charge in [-0.05, 0) is 35.7 Å². The fraction of sp³-hybridized carbons (Fsp3) is 0.188. The van der Waals surface area contributed by atoms with Gasteiger partial charge in [0, 0.05) is 12.1 Å². The van der Waals surface area contributed by atoms with Crippen molar-refractivity contribution < 1.29 is 13.2 Å². The zero-order chi connectivity index (χ0) is 15.5. The number of nitrogens with one attached hydrogen (secondary N) is 1. The monoisotopic (exact) mass is 303 g/mol. The molecule has 4 nitrogen and oxygen atoms in total. The summed E-state index contributed by atoms with van der Waals surface area (Å²) in [4.78, 5) is 10.9. The van der Waals surface area contributed by atoms with E-state index in [1.807, 2.05) is 19.1 Å². The van der Waals surface area contributed by atoms with Crippen LogP contribution in [0.3, 0.4) is 0 Å². The first-order valence-corrected chi connectivity index (χ1v) is 8.12. The zero-order valence-electron chi connectivity index (χ0n) is 12.0. The highest BCUT2D eigenvalue weighted by Gasteiger charge is 2.14. The van der Waals surface area contributed by atoms with E-state index in [0.717, 1.165) is 23.0 Å². The molecule has 5 heteroatoms. The van der Waals surface area contributed by atoms with E-state index >= 15 is 0 Å². The van der Waals surface area contributed by atoms with Crippen molar-refractivity contribution in [1.82, 2.24) is 4.72 Å². The van der Waals surface area contributed by atoms with Gasteiger partial charge < -0.3 is 0 Å². The number of sulfonamides is 1. The molecule has 0 atom stereocenters. The quantitative estimate of drug-likeness (QED) is 0.864. The van der Waals surface area contributed by atoms with Gasteiger partial charge in [0.1, 0.15) is 6.29 Å². The zero-order valence-corrected chi connectivity index (χ0v) is 12.8. The van der Waals surface area contributed by atoms with E-state index in [-0.39, 0.29) is 4.90 Å². The molecule has 2 aromatic rings. The van der Waals surface area contributed by atoms with E-state index in [0.29, 0.717) is 12.1 Å². The molecule has 0 aliphatic carbocycles. The lowest BCUT2D eigenvalue weighted by Gasteiger charge is -2.10. The van der Waals surface area contributed by atoms with Gasteiger partial charge in [0.05, 0.1) is 4.90 Å². The van der Waals surface area contributed by atoms with Crippen molar-refractivity contribution >= 4 is 16.3 Å². The third kappa shape index (κ3) is 3.37. The molecule has 0 aromatic heterocycles. The SMILES string of the molecule is CCNS(=O)(=O)c1ccc(-c2ccc(C=O)cc2)c(C)c1.